The Hall–Kier alpha value is -3.65. The highest BCUT2D eigenvalue weighted by atomic mass is 16.5. The van der Waals surface area contributed by atoms with Gasteiger partial charge < -0.3 is 25.3 Å². The number of ketones is 1. The summed E-state index contributed by atoms with van der Waals surface area (Å²) in [6.07, 6.45) is 3.13. The van der Waals surface area contributed by atoms with Crippen molar-refractivity contribution in [2.75, 3.05) is 45.5 Å². The van der Waals surface area contributed by atoms with Crippen LogP contribution in [0, 0.1) is 0 Å². The smallest absolute Gasteiger partial charge is 0.198 e. The van der Waals surface area contributed by atoms with Gasteiger partial charge in [-0.3, -0.25) is 4.79 Å². The number of anilines is 2. The van der Waals surface area contributed by atoms with Gasteiger partial charge in [0.25, 0.3) is 0 Å². The number of carbonyl (C=O) groups excluding carboxylic acids is 1. The molecule has 8 nitrogen and oxygen atoms in total. The van der Waals surface area contributed by atoms with E-state index in [0.29, 0.717) is 41.6 Å². The van der Waals surface area contributed by atoms with Gasteiger partial charge >= 0.3 is 0 Å². The summed E-state index contributed by atoms with van der Waals surface area (Å²) in [6.45, 7) is 1.19. The topological polar surface area (TPSA) is 109 Å². The first-order valence-corrected chi connectivity index (χ1v) is 9.29. The van der Waals surface area contributed by atoms with Crippen molar-refractivity contribution in [3.63, 3.8) is 0 Å². The first-order valence-electron chi connectivity index (χ1n) is 9.29. The average Bonchev–Trinajstić information content (AvgIpc) is 2.79. The summed E-state index contributed by atoms with van der Waals surface area (Å²) in [5.74, 6) is 1.77. The molecule has 0 saturated heterocycles. The fraction of sp³-hybridized carbons (Fsp3) is 0.227. The number of aromatic nitrogens is 2. The maximum Gasteiger partial charge on any atom is 0.198 e. The molecule has 3 aromatic rings. The number of carbonyl (C=O) groups is 1. The summed E-state index contributed by atoms with van der Waals surface area (Å²) >= 11 is 0. The van der Waals surface area contributed by atoms with Crippen LogP contribution < -0.4 is 20.5 Å². The number of nitrogen functional groups attached to an aromatic ring is 1. The average molecular weight is 408 g/mol. The second-order valence-corrected chi connectivity index (χ2v) is 6.41. The third-order valence-corrected chi connectivity index (χ3v) is 4.52. The highest BCUT2D eigenvalue weighted by Gasteiger charge is 2.16. The number of pyridine rings is 2. The molecule has 0 unspecified atom stereocenters. The van der Waals surface area contributed by atoms with Crippen molar-refractivity contribution >= 4 is 17.4 Å². The van der Waals surface area contributed by atoms with Crippen LogP contribution in [0.5, 0.6) is 11.5 Å². The molecule has 1 aromatic carbocycles. The van der Waals surface area contributed by atoms with E-state index in [0.717, 1.165) is 11.1 Å². The van der Waals surface area contributed by atoms with Crippen LogP contribution in [0.4, 0.5) is 11.6 Å². The molecule has 0 fully saturated rings. The van der Waals surface area contributed by atoms with Gasteiger partial charge in [-0.2, -0.15) is 0 Å². The zero-order chi connectivity index (χ0) is 21.5. The van der Waals surface area contributed by atoms with E-state index in [1.54, 1.807) is 51.8 Å². The van der Waals surface area contributed by atoms with Crippen LogP contribution in [0.1, 0.15) is 15.9 Å². The monoisotopic (exact) mass is 408 g/mol. The van der Waals surface area contributed by atoms with Crippen molar-refractivity contribution in [3.8, 4) is 22.6 Å². The van der Waals surface area contributed by atoms with E-state index in [1.807, 2.05) is 12.1 Å². The first-order chi connectivity index (χ1) is 14.6. The molecule has 156 valence electrons. The molecule has 0 amide bonds. The Morgan fingerprint density at radius 1 is 0.967 bits per heavy atom. The van der Waals surface area contributed by atoms with Crippen molar-refractivity contribution in [1.82, 2.24) is 9.97 Å². The van der Waals surface area contributed by atoms with E-state index in [9.17, 15) is 4.79 Å². The minimum absolute atomic E-state index is 0.159. The molecule has 0 bridgehead atoms. The fourth-order valence-electron chi connectivity index (χ4n) is 2.90. The lowest BCUT2D eigenvalue weighted by molar-refractivity contribution is 0.103. The van der Waals surface area contributed by atoms with E-state index in [2.05, 4.69) is 15.3 Å². The number of hydrogen-bond acceptors (Lipinski definition) is 8. The minimum Gasteiger partial charge on any atom is -0.493 e. The first kappa shape index (κ1) is 21.1. The highest BCUT2D eigenvalue weighted by molar-refractivity contribution is 6.12. The number of nitrogens with zero attached hydrogens (tertiary/aromatic N) is 2. The second-order valence-electron chi connectivity index (χ2n) is 6.41. The lowest BCUT2D eigenvalue weighted by Crippen LogP contribution is -2.10. The number of benzene rings is 1. The Labute approximate surface area is 175 Å². The molecular formula is C22H24N4O4. The van der Waals surface area contributed by atoms with Crippen molar-refractivity contribution in [2.45, 2.75) is 0 Å². The van der Waals surface area contributed by atoms with E-state index in [1.165, 1.54) is 6.20 Å². The Balaban J connectivity index is 1.87. The predicted molar refractivity (Wildman–Crippen MR) is 115 cm³/mol. The van der Waals surface area contributed by atoms with Crippen LogP contribution in [0.25, 0.3) is 11.1 Å². The summed E-state index contributed by atoms with van der Waals surface area (Å²) in [7, 11) is 4.77. The minimum atomic E-state index is -0.252. The molecule has 2 aromatic heterocycles. The van der Waals surface area contributed by atoms with Crippen molar-refractivity contribution in [1.29, 1.82) is 0 Å². The van der Waals surface area contributed by atoms with E-state index < -0.39 is 0 Å². The highest BCUT2D eigenvalue weighted by Crippen LogP contribution is 2.33. The third-order valence-electron chi connectivity index (χ3n) is 4.52. The number of nitrogens with one attached hydrogen (secondary N) is 1. The fourth-order valence-corrected chi connectivity index (χ4v) is 2.90. The van der Waals surface area contributed by atoms with E-state index >= 15 is 0 Å². The van der Waals surface area contributed by atoms with Crippen LogP contribution in [0.15, 0.2) is 48.8 Å². The van der Waals surface area contributed by atoms with Gasteiger partial charge in [-0.25, -0.2) is 9.97 Å². The molecule has 30 heavy (non-hydrogen) atoms. The molecule has 0 aliphatic heterocycles. The van der Waals surface area contributed by atoms with Crippen LogP contribution in [0.2, 0.25) is 0 Å². The zero-order valence-electron chi connectivity index (χ0n) is 17.1. The second kappa shape index (κ2) is 9.71. The van der Waals surface area contributed by atoms with Crippen LogP contribution in [-0.4, -0.2) is 50.2 Å². The maximum absolute atomic E-state index is 13.0. The SMILES string of the molecule is COCCNc1ccc(C(=O)c2cc(-c3ccc(OC)c(OC)c3)cnc2N)cn1. The number of rotatable bonds is 9. The summed E-state index contributed by atoms with van der Waals surface area (Å²) in [6, 6.07) is 10.6. The third kappa shape index (κ3) is 4.66. The number of nitrogens with two attached hydrogens (primary N) is 1. The van der Waals surface area contributed by atoms with Gasteiger partial charge in [0.05, 0.1) is 26.4 Å². The molecule has 0 radical (unpaired) electrons. The molecule has 0 aliphatic rings. The quantitative estimate of drug-likeness (QED) is 0.411. The lowest BCUT2D eigenvalue weighted by atomic mass is 10.0. The van der Waals surface area contributed by atoms with Gasteiger partial charge in [0, 0.05) is 37.2 Å². The molecule has 0 spiro atoms. The summed E-state index contributed by atoms with van der Waals surface area (Å²) < 4.78 is 15.6. The molecule has 0 aliphatic carbocycles. The zero-order valence-corrected chi connectivity index (χ0v) is 17.1. The number of hydrogen-bond donors (Lipinski definition) is 2. The standard InChI is InChI=1S/C22H24N4O4/c1-28-9-8-24-20-7-5-15(12-25-20)21(27)17-10-16(13-26-22(17)23)14-4-6-18(29-2)19(11-14)30-3/h4-7,10-13H,8-9H2,1-3H3,(H2,23,26)(H,24,25). The van der Waals surface area contributed by atoms with Gasteiger partial charge in [0.2, 0.25) is 0 Å². The molecule has 3 N–H and O–H groups in total. The molecule has 0 saturated carbocycles. The van der Waals surface area contributed by atoms with Gasteiger partial charge in [-0.15, -0.1) is 0 Å². The van der Waals surface area contributed by atoms with Crippen molar-refractivity contribution in [2.24, 2.45) is 0 Å². The van der Waals surface area contributed by atoms with Gasteiger partial charge in [0.15, 0.2) is 17.3 Å². The molecule has 0 atom stereocenters. The maximum atomic E-state index is 13.0. The Bertz CT molecular complexity index is 1020. The Morgan fingerprint density at radius 3 is 2.43 bits per heavy atom. The van der Waals surface area contributed by atoms with Crippen molar-refractivity contribution < 1.29 is 19.0 Å². The van der Waals surface area contributed by atoms with Gasteiger partial charge in [0.1, 0.15) is 11.6 Å². The normalized spacial score (nSPS) is 10.5. The van der Waals surface area contributed by atoms with Crippen molar-refractivity contribution in [3.05, 3.63) is 59.9 Å². The summed E-state index contributed by atoms with van der Waals surface area (Å²) in [5.41, 5.74) is 8.29. The Morgan fingerprint density at radius 2 is 1.77 bits per heavy atom. The number of ether oxygens (including phenoxy) is 3. The Kier molecular flexibility index (Phi) is 6.82. The summed E-state index contributed by atoms with van der Waals surface area (Å²) in [5, 5.41) is 3.11. The van der Waals surface area contributed by atoms with Crippen LogP contribution in [0.3, 0.4) is 0 Å². The van der Waals surface area contributed by atoms with Gasteiger partial charge in [-0.1, -0.05) is 6.07 Å². The van der Waals surface area contributed by atoms with E-state index in [-0.39, 0.29) is 11.6 Å². The largest absolute Gasteiger partial charge is 0.493 e. The van der Waals surface area contributed by atoms with Gasteiger partial charge in [-0.05, 0) is 35.9 Å². The molecule has 3 rings (SSSR count). The summed E-state index contributed by atoms with van der Waals surface area (Å²) in [4.78, 5) is 21.5. The van der Waals surface area contributed by atoms with Crippen LogP contribution >= 0.6 is 0 Å². The lowest BCUT2D eigenvalue weighted by Gasteiger charge is -2.11. The predicted octanol–water partition coefficient (Wildman–Crippen LogP) is 3.03. The molecular weight excluding hydrogens is 384 g/mol. The van der Waals surface area contributed by atoms with E-state index in [4.69, 9.17) is 19.9 Å². The molecule has 2 heterocycles. The molecule has 8 heteroatoms. The van der Waals surface area contributed by atoms with Crippen LogP contribution in [-0.2, 0) is 4.74 Å². The number of methoxy groups -OCH3 is 3.